The topological polar surface area (TPSA) is 119 Å². The molecule has 0 fully saturated rings. The van der Waals surface area contributed by atoms with Crippen LogP contribution in [0, 0.1) is 5.82 Å². The lowest BCUT2D eigenvalue weighted by Gasteiger charge is -2.44. The summed E-state index contributed by atoms with van der Waals surface area (Å²) in [6, 6.07) is 6.39. The maximum atomic E-state index is 15.1. The zero-order valence-corrected chi connectivity index (χ0v) is 19.5. The number of aromatic nitrogens is 1. The van der Waals surface area contributed by atoms with Gasteiger partial charge in [0.1, 0.15) is 33.4 Å². The third kappa shape index (κ3) is 3.79. The Labute approximate surface area is 195 Å². The molecule has 8 nitrogen and oxygen atoms in total. The Kier molecular flexibility index (Phi) is 5.83. The van der Waals surface area contributed by atoms with E-state index in [1.807, 2.05) is 0 Å². The van der Waals surface area contributed by atoms with Gasteiger partial charge < -0.3 is 15.8 Å². The van der Waals surface area contributed by atoms with Crippen LogP contribution < -0.4 is 15.8 Å². The summed E-state index contributed by atoms with van der Waals surface area (Å²) in [6.45, 7) is 2.48. The molecule has 2 aliphatic heterocycles. The van der Waals surface area contributed by atoms with Crippen LogP contribution in [0.3, 0.4) is 0 Å². The van der Waals surface area contributed by atoms with Gasteiger partial charge in [0.2, 0.25) is 0 Å². The number of hydrogen-bond donors (Lipinski definition) is 2. The molecule has 182 valence electrons. The molecule has 3 heterocycles. The smallest absolute Gasteiger partial charge is 0.387 e. The average Bonchev–Trinajstić information content (AvgIpc) is 3.18. The number of amidine groups is 1. The number of fused-ring (bicyclic) bond motifs is 1. The highest BCUT2D eigenvalue weighted by Gasteiger charge is 2.56. The number of carbonyl (C=O) groups is 1. The van der Waals surface area contributed by atoms with Crippen LogP contribution in [0.1, 0.15) is 43.2 Å². The van der Waals surface area contributed by atoms with E-state index in [2.05, 4.69) is 24.4 Å². The first kappa shape index (κ1) is 24.0. The fourth-order valence-electron chi connectivity index (χ4n) is 4.38. The van der Waals surface area contributed by atoms with E-state index in [1.54, 1.807) is 20.8 Å². The van der Waals surface area contributed by atoms with E-state index < -0.39 is 43.6 Å². The summed E-state index contributed by atoms with van der Waals surface area (Å²) >= 11 is 0. The average molecular weight is 496 g/mol. The minimum Gasteiger partial charge on any atom is -0.433 e. The second-order valence-electron chi connectivity index (χ2n) is 8.76. The minimum atomic E-state index is -3.01. The zero-order chi connectivity index (χ0) is 24.9. The molecule has 12 heteroatoms. The number of pyridine rings is 1. The van der Waals surface area contributed by atoms with E-state index in [9.17, 15) is 17.8 Å². The molecule has 3 atom stereocenters. The number of nitrogens with zero attached hydrogens (tertiary/aromatic N) is 3. The lowest BCUT2D eigenvalue weighted by Crippen LogP contribution is -2.58. The van der Waals surface area contributed by atoms with Gasteiger partial charge in [-0.3, -0.25) is 9.79 Å². The Morgan fingerprint density at radius 1 is 1.26 bits per heavy atom. The zero-order valence-electron chi connectivity index (χ0n) is 18.7. The Balaban J connectivity index is 1.67. The van der Waals surface area contributed by atoms with Crippen molar-refractivity contribution in [2.24, 2.45) is 15.1 Å². The highest BCUT2D eigenvalue weighted by Crippen LogP contribution is 2.48. The van der Waals surface area contributed by atoms with Crippen molar-refractivity contribution in [2.75, 3.05) is 11.9 Å². The lowest BCUT2D eigenvalue weighted by molar-refractivity contribution is -0.0500. The van der Waals surface area contributed by atoms with Crippen LogP contribution in [0.5, 0.6) is 5.75 Å². The van der Waals surface area contributed by atoms with Crippen LogP contribution in [-0.2, 0) is 15.3 Å². The number of aliphatic imine (C=N–C) groups is 1. The number of alkyl halides is 2. The number of hydrogen-bond acceptors (Lipinski definition) is 7. The maximum Gasteiger partial charge on any atom is 0.387 e. The highest BCUT2D eigenvalue weighted by atomic mass is 32.2. The molecule has 0 aliphatic carbocycles. The second-order valence-corrected chi connectivity index (χ2v) is 11.7. The molecule has 2 aliphatic rings. The van der Waals surface area contributed by atoms with Crippen molar-refractivity contribution < 1.29 is 26.9 Å². The summed E-state index contributed by atoms with van der Waals surface area (Å²) < 4.78 is 61.2. The molecule has 0 bridgehead atoms. The van der Waals surface area contributed by atoms with Gasteiger partial charge in [-0.1, -0.05) is 0 Å². The molecule has 34 heavy (non-hydrogen) atoms. The first-order valence-corrected chi connectivity index (χ1v) is 12.1. The van der Waals surface area contributed by atoms with Crippen molar-refractivity contribution in [3.05, 3.63) is 53.6 Å². The van der Waals surface area contributed by atoms with E-state index in [0.717, 1.165) is 6.20 Å². The predicted octanol–water partition coefficient (Wildman–Crippen LogP) is 3.68. The van der Waals surface area contributed by atoms with Gasteiger partial charge in [0.25, 0.3) is 5.91 Å². The largest absolute Gasteiger partial charge is 0.433 e. The second kappa shape index (κ2) is 8.26. The number of amides is 1. The first-order valence-electron chi connectivity index (χ1n) is 10.5. The summed E-state index contributed by atoms with van der Waals surface area (Å²) in [6.07, 6.45) is 1.46. The molecule has 0 saturated carbocycles. The molecule has 0 saturated heterocycles. The van der Waals surface area contributed by atoms with Crippen molar-refractivity contribution in [1.29, 1.82) is 0 Å². The van der Waals surface area contributed by atoms with Crippen LogP contribution in [0.15, 0.2) is 45.9 Å². The number of anilines is 1. The van der Waals surface area contributed by atoms with Crippen LogP contribution >= 0.6 is 0 Å². The van der Waals surface area contributed by atoms with Crippen LogP contribution in [0.2, 0.25) is 0 Å². The quantitative estimate of drug-likeness (QED) is 0.656. The van der Waals surface area contributed by atoms with Gasteiger partial charge in [-0.2, -0.15) is 8.78 Å². The van der Waals surface area contributed by atoms with Crippen LogP contribution in [0.4, 0.5) is 18.9 Å². The van der Waals surface area contributed by atoms with Crippen molar-refractivity contribution in [2.45, 2.75) is 49.3 Å². The lowest BCUT2D eigenvalue weighted by atomic mass is 9.85. The summed E-state index contributed by atoms with van der Waals surface area (Å²) in [5.41, 5.74) is 5.27. The summed E-state index contributed by atoms with van der Waals surface area (Å²) in [4.78, 5) is 21.0. The Morgan fingerprint density at radius 3 is 2.65 bits per heavy atom. The first-order chi connectivity index (χ1) is 15.9. The molecule has 2 aromatic rings. The number of ether oxygens (including phenoxy) is 1. The standard InChI is InChI=1S/C22H24F3N5O3S/c1-21(2)19(26)30-22(3,17-8-9-28-34(17,21)32)14-10-12(4-6-15(14)23)29-18(31)16-7-5-13(11-27-16)33-20(24)25/h4-7,10-11,17,20H,8-9H2,1-3H3,(H2,26,30)(H,29,31)/t17-,22+,34+/m0/s1. The molecule has 1 aromatic heterocycles. The van der Waals surface area contributed by atoms with Crippen LogP contribution in [-0.4, -0.2) is 44.1 Å². The molecule has 4 rings (SSSR count). The monoisotopic (exact) mass is 495 g/mol. The predicted molar refractivity (Wildman–Crippen MR) is 122 cm³/mol. The fraction of sp³-hybridized carbons (Fsp3) is 0.409. The summed E-state index contributed by atoms with van der Waals surface area (Å²) in [5.74, 6) is -1.29. The summed E-state index contributed by atoms with van der Waals surface area (Å²) in [5, 5.41) is 2.04. The van der Waals surface area contributed by atoms with Gasteiger partial charge in [0, 0.05) is 17.8 Å². The van der Waals surface area contributed by atoms with E-state index in [-0.39, 0.29) is 28.5 Å². The molecule has 0 unspecified atom stereocenters. The molecular formula is C22H24F3N5O3S. The van der Waals surface area contributed by atoms with Gasteiger partial charge in [0.05, 0.1) is 21.2 Å². The SMILES string of the molecule is CC1(C)C(N)=N[C@](C)(c2cc(NC(=O)c3ccc(OC(F)F)cn3)ccc2F)[C@@H]2CCN=[S@@]21=O. The number of benzene rings is 1. The van der Waals surface area contributed by atoms with E-state index >= 15 is 4.39 Å². The molecular weight excluding hydrogens is 471 g/mol. The normalized spacial score (nSPS) is 27.5. The van der Waals surface area contributed by atoms with E-state index in [1.165, 1.54) is 30.3 Å². The summed E-state index contributed by atoms with van der Waals surface area (Å²) in [7, 11) is -2.85. The molecule has 1 amide bonds. The van der Waals surface area contributed by atoms with Crippen molar-refractivity contribution in [3.8, 4) is 5.75 Å². The number of rotatable bonds is 5. The van der Waals surface area contributed by atoms with Crippen molar-refractivity contribution >= 4 is 27.2 Å². The van der Waals surface area contributed by atoms with Crippen molar-refractivity contribution in [3.63, 3.8) is 0 Å². The minimum absolute atomic E-state index is 0.0574. The molecule has 3 N–H and O–H groups in total. The Morgan fingerprint density at radius 2 is 2.00 bits per heavy atom. The Hall–Kier alpha value is -3.15. The maximum absolute atomic E-state index is 15.1. The van der Waals surface area contributed by atoms with Gasteiger partial charge in [-0.15, -0.1) is 0 Å². The van der Waals surface area contributed by atoms with Crippen LogP contribution in [0.25, 0.3) is 0 Å². The molecule has 1 aromatic carbocycles. The third-order valence-corrected chi connectivity index (χ3v) is 10.1. The highest BCUT2D eigenvalue weighted by molar-refractivity contribution is 7.96. The fourth-order valence-corrected chi connectivity index (χ4v) is 7.54. The van der Waals surface area contributed by atoms with Gasteiger partial charge in [0.15, 0.2) is 0 Å². The number of halogens is 3. The molecule has 0 radical (unpaired) electrons. The third-order valence-electron chi connectivity index (χ3n) is 6.35. The van der Waals surface area contributed by atoms with E-state index in [0.29, 0.717) is 13.0 Å². The van der Waals surface area contributed by atoms with Crippen molar-refractivity contribution in [1.82, 2.24) is 4.98 Å². The Bertz CT molecular complexity index is 1290. The number of nitrogens with one attached hydrogen (secondary N) is 1. The number of carbonyl (C=O) groups excluding carboxylic acids is 1. The number of nitrogens with two attached hydrogens (primary N) is 1. The van der Waals surface area contributed by atoms with Gasteiger partial charge in [-0.05, 0) is 57.5 Å². The van der Waals surface area contributed by atoms with Gasteiger partial charge >= 0.3 is 6.61 Å². The van der Waals surface area contributed by atoms with E-state index in [4.69, 9.17) is 5.73 Å². The van der Waals surface area contributed by atoms with Gasteiger partial charge in [-0.25, -0.2) is 17.9 Å². The molecule has 0 spiro atoms.